The fourth-order valence-electron chi connectivity index (χ4n) is 5.46. The van der Waals surface area contributed by atoms with Crippen molar-refractivity contribution in [3.63, 3.8) is 0 Å². The molecule has 0 amide bonds. The van der Waals surface area contributed by atoms with Gasteiger partial charge in [-0.3, -0.25) is 0 Å². The Kier molecular flexibility index (Phi) is 7.47. The number of allylic oxidation sites excluding steroid dienone is 6. The fourth-order valence-corrected chi connectivity index (χ4v) is 5.46. The molecule has 0 unspecified atom stereocenters. The summed E-state index contributed by atoms with van der Waals surface area (Å²) in [5.41, 5.74) is 6.87. The van der Waals surface area contributed by atoms with Gasteiger partial charge in [-0.2, -0.15) is 0 Å². The van der Waals surface area contributed by atoms with E-state index in [1.54, 1.807) is 18.2 Å². The van der Waals surface area contributed by atoms with E-state index in [2.05, 4.69) is 98.1 Å². The van der Waals surface area contributed by atoms with Crippen LogP contribution >= 0.6 is 0 Å². The molecule has 0 bridgehead atoms. The molecular weight excluding hydrogens is 476 g/mol. The minimum atomic E-state index is -0.491. The maximum Gasteiger partial charge on any atom is 0.127 e. The maximum atomic E-state index is 6.12. The van der Waals surface area contributed by atoms with Crippen LogP contribution in [-0.2, 0) is 5.41 Å². The van der Waals surface area contributed by atoms with Gasteiger partial charge in [-0.05, 0) is 95.8 Å². The predicted molar refractivity (Wildman–Crippen MR) is 162 cm³/mol. The first-order chi connectivity index (χ1) is 19.1. The molecule has 0 saturated heterocycles. The van der Waals surface area contributed by atoms with Gasteiger partial charge in [0.25, 0.3) is 0 Å². The molecular formula is C37H32O2. The van der Waals surface area contributed by atoms with E-state index in [9.17, 15) is 0 Å². The van der Waals surface area contributed by atoms with Crippen molar-refractivity contribution < 1.29 is 9.47 Å². The summed E-state index contributed by atoms with van der Waals surface area (Å²) in [6.45, 7) is 11.6. The highest BCUT2D eigenvalue weighted by atomic mass is 16.5. The van der Waals surface area contributed by atoms with E-state index in [0.29, 0.717) is 5.76 Å². The fraction of sp³-hybridized carbons (Fsp3) is 0.0811. The number of fused-ring (bicyclic) bond motifs is 3. The average molecular weight is 509 g/mol. The minimum absolute atomic E-state index is 0.491. The Morgan fingerprint density at radius 3 is 1.56 bits per heavy atom. The van der Waals surface area contributed by atoms with Gasteiger partial charge in [-0.25, -0.2) is 0 Å². The summed E-state index contributed by atoms with van der Waals surface area (Å²) in [5, 5.41) is 0. The van der Waals surface area contributed by atoms with E-state index >= 15 is 0 Å². The Hall–Kier alpha value is -4.82. The highest BCUT2D eigenvalue weighted by molar-refractivity contribution is 5.86. The van der Waals surface area contributed by atoms with Gasteiger partial charge in [-0.15, -0.1) is 0 Å². The van der Waals surface area contributed by atoms with Crippen molar-refractivity contribution in [3.8, 4) is 22.6 Å². The van der Waals surface area contributed by atoms with Crippen molar-refractivity contribution in [2.45, 2.75) is 19.3 Å². The molecule has 192 valence electrons. The average Bonchev–Trinajstić information content (AvgIpc) is 3.29. The van der Waals surface area contributed by atoms with E-state index < -0.39 is 5.41 Å². The minimum Gasteiger partial charge on any atom is -0.458 e. The summed E-state index contributed by atoms with van der Waals surface area (Å²) in [4.78, 5) is 0. The first-order valence-corrected chi connectivity index (χ1v) is 13.2. The highest BCUT2D eigenvalue weighted by Gasteiger charge is 2.45. The van der Waals surface area contributed by atoms with Gasteiger partial charge in [0, 0.05) is 0 Å². The molecule has 39 heavy (non-hydrogen) atoms. The van der Waals surface area contributed by atoms with E-state index in [1.807, 2.05) is 44.2 Å². The maximum absolute atomic E-state index is 6.12. The number of ether oxygens (including phenoxy) is 2. The Morgan fingerprint density at radius 2 is 1.13 bits per heavy atom. The third kappa shape index (κ3) is 4.66. The molecule has 1 aliphatic rings. The van der Waals surface area contributed by atoms with Gasteiger partial charge >= 0.3 is 0 Å². The molecule has 1 aliphatic carbocycles. The molecule has 0 N–H and O–H groups in total. The zero-order valence-corrected chi connectivity index (χ0v) is 22.4. The van der Waals surface area contributed by atoms with Crippen LogP contribution in [0.1, 0.15) is 36.1 Å². The molecule has 0 spiro atoms. The number of hydrogen-bond donors (Lipinski definition) is 0. The van der Waals surface area contributed by atoms with E-state index in [0.717, 1.165) is 22.8 Å². The Morgan fingerprint density at radius 1 is 0.641 bits per heavy atom. The lowest BCUT2D eigenvalue weighted by Crippen LogP contribution is -2.28. The molecule has 0 aromatic heterocycles. The Labute approximate surface area is 231 Å². The largest absolute Gasteiger partial charge is 0.458 e. The lowest BCUT2D eigenvalue weighted by atomic mass is 9.68. The van der Waals surface area contributed by atoms with Gasteiger partial charge in [0.1, 0.15) is 23.0 Å². The molecule has 0 atom stereocenters. The monoisotopic (exact) mass is 508 g/mol. The molecule has 4 aromatic rings. The van der Waals surface area contributed by atoms with Crippen LogP contribution in [0.15, 0.2) is 158 Å². The molecule has 0 fully saturated rings. The second-order valence-electron chi connectivity index (χ2n) is 9.29. The van der Waals surface area contributed by atoms with Crippen LogP contribution in [0.3, 0.4) is 0 Å². The topological polar surface area (TPSA) is 18.5 Å². The van der Waals surface area contributed by atoms with Crippen molar-refractivity contribution in [1.29, 1.82) is 0 Å². The van der Waals surface area contributed by atoms with Gasteiger partial charge in [-0.1, -0.05) is 98.1 Å². The van der Waals surface area contributed by atoms with E-state index in [4.69, 9.17) is 9.47 Å². The van der Waals surface area contributed by atoms with E-state index in [-0.39, 0.29) is 0 Å². The molecule has 0 heterocycles. The van der Waals surface area contributed by atoms with E-state index in [1.165, 1.54) is 27.8 Å². The van der Waals surface area contributed by atoms with Gasteiger partial charge < -0.3 is 9.47 Å². The zero-order chi connectivity index (χ0) is 27.2. The van der Waals surface area contributed by atoms with Crippen LogP contribution in [0.25, 0.3) is 11.1 Å². The first kappa shape index (κ1) is 25.8. The molecule has 2 nitrogen and oxygen atoms in total. The van der Waals surface area contributed by atoms with Crippen LogP contribution < -0.4 is 9.47 Å². The molecule has 2 heteroatoms. The summed E-state index contributed by atoms with van der Waals surface area (Å²) in [7, 11) is 0. The Balaban J connectivity index is 1.67. The summed E-state index contributed by atoms with van der Waals surface area (Å²) in [6.07, 6.45) is 11.1. The number of hydrogen-bond acceptors (Lipinski definition) is 2. The highest BCUT2D eigenvalue weighted by Crippen LogP contribution is 2.56. The second kappa shape index (κ2) is 11.3. The summed E-state index contributed by atoms with van der Waals surface area (Å²) in [5.74, 6) is 3.01. The quantitative estimate of drug-likeness (QED) is 0.146. The van der Waals surface area contributed by atoms with Crippen LogP contribution in [0.2, 0.25) is 0 Å². The molecule has 0 radical (unpaired) electrons. The van der Waals surface area contributed by atoms with Crippen molar-refractivity contribution >= 4 is 0 Å². The molecule has 4 aromatic carbocycles. The molecule has 5 rings (SSSR count). The Bertz CT molecular complexity index is 1540. The zero-order valence-electron chi connectivity index (χ0n) is 22.4. The normalized spacial score (nSPS) is 14.0. The smallest absolute Gasteiger partial charge is 0.127 e. The van der Waals surface area contributed by atoms with Gasteiger partial charge in [0.15, 0.2) is 0 Å². The van der Waals surface area contributed by atoms with Crippen molar-refractivity contribution in [2.24, 2.45) is 0 Å². The standard InChI is InChI=1S/C37H32O2/c1-5-13-29(7-3)38-31-23-19-27(20-24-31)37(28-21-25-32(26-22-28)39-30(8-4)14-6-2)35-17-11-9-15-33(35)34-16-10-12-18-36(34)37/h5-26H,1,3H2,2,4H3/b14-6-,29-13+,30-8+. The third-order valence-corrected chi connectivity index (χ3v) is 7.10. The van der Waals surface area contributed by atoms with Crippen molar-refractivity contribution in [2.75, 3.05) is 0 Å². The van der Waals surface area contributed by atoms with Crippen LogP contribution in [-0.4, -0.2) is 0 Å². The lowest BCUT2D eigenvalue weighted by Gasteiger charge is -2.34. The second-order valence-corrected chi connectivity index (χ2v) is 9.29. The summed E-state index contributed by atoms with van der Waals surface area (Å²) in [6, 6.07) is 34.3. The molecule has 0 aliphatic heterocycles. The summed E-state index contributed by atoms with van der Waals surface area (Å²) < 4.78 is 12.1. The SMILES string of the molecule is C=C/C=C(\C=C)Oc1ccc(C2(c3ccc(OC(/C=C\C)=C/C)cc3)c3ccccc3-c3ccccc32)cc1. The number of rotatable bonds is 9. The van der Waals surface area contributed by atoms with Crippen molar-refractivity contribution in [1.82, 2.24) is 0 Å². The van der Waals surface area contributed by atoms with Crippen LogP contribution in [0.4, 0.5) is 0 Å². The van der Waals surface area contributed by atoms with Crippen molar-refractivity contribution in [3.05, 3.63) is 180 Å². The van der Waals surface area contributed by atoms with Gasteiger partial charge in [0.05, 0.1) is 5.41 Å². The first-order valence-electron chi connectivity index (χ1n) is 13.2. The third-order valence-electron chi connectivity index (χ3n) is 7.10. The van der Waals surface area contributed by atoms with Crippen LogP contribution in [0, 0.1) is 0 Å². The summed E-state index contributed by atoms with van der Waals surface area (Å²) >= 11 is 0. The number of benzene rings is 4. The van der Waals surface area contributed by atoms with Crippen LogP contribution in [0.5, 0.6) is 11.5 Å². The molecule has 0 saturated carbocycles. The van der Waals surface area contributed by atoms with Gasteiger partial charge in [0.2, 0.25) is 0 Å². The lowest BCUT2D eigenvalue weighted by molar-refractivity contribution is 0.443. The predicted octanol–water partition coefficient (Wildman–Crippen LogP) is 9.54.